The zero-order chi connectivity index (χ0) is 26.1. The van der Waals surface area contributed by atoms with Crippen LogP contribution in [0.2, 0.25) is 0 Å². The number of carbonyl (C=O) groups excluding carboxylic acids is 2. The average Bonchev–Trinajstić information content (AvgIpc) is 3.45. The number of aromatic nitrogens is 2. The van der Waals surface area contributed by atoms with Crippen LogP contribution in [0.5, 0.6) is 0 Å². The maximum Gasteiger partial charge on any atom is 0.221 e. The summed E-state index contributed by atoms with van der Waals surface area (Å²) in [7, 11) is 2.13. The van der Waals surface area contributed by atoms with Gasteiger partial charge in [0, 0.05) is 41.3 Å². The van der Waals surface area contributed by atoms with E-state index in [9.17, 15) is 9.59 Å². The molecule has 1 fully saturated rings. The molecule has 198 valence electrons. The summed E-state index contributed by atoms with van der Waals surface area (Å²) < 4.78 is 0. The molecule has 8 nitrogen and oxygen atoms in total. The number of nitrogens with one attached hydrogen (secondary N) is 3. The van der Waals surface area contributed by atoms with E-state index in [1.807, 2.05) is 12.3 Å². The molecule has 3 heterocycles. The molecule has 2 aliphatic rings. The van der Waals surface area contributed by atoms with E-state index < -0.39 is 0 Å². The molecular formula is C28H38N6O2S. The number of aryl methyl sites for hydroxylation is 1. The Labute approximate surface area is 222 Å². The second-order valence-electron chi connectivity index (χ2n) is 11.0. The van der Waals surface area contributed by atoms with E-state index in [1.165, 1.54) is 16.6 Å². The molecule has 1 aromatic carbocycles. The maximum atomic E-state index is 12.8. The Hall–Kier alpha value is -2.91. The molecule has 1 aliphatic carbocycles. The summed E-state index contributed by atoms with van der Waals surface area (Å²) >= 11 is 1.64. The lowest BCUT2D eigenvalue weighted by atomic mass is 9.83. The van der Waals surface area contributed by atoms with Crippen molar-refractivity contribution in [2.45, 2.75) is 70.9 Å². The minimum absolute atomic E-state index is 0.170. The van der Waals surface area contributed by atoms with Crippen molar-refractivity contribution in [3.05, 3.63) is 35.2 Å². The molecule has 5 rings (SSSR count). The van der Waals surface area contributed by atoms with Gasteiger partial charge in [0.05, 0.1) is 16.8 Å². The number of aromatic amines is 1. The van der Waals surface area contributed by atoms with Gasteiger partial charge in [-0.25, -0.2) is 4.98 Å². The number of fused-ring (bicyclic) bond motifs is 3. The van der Waals surface area contributed by atoms with E-state index in [-0.39, 0.29) is 18.2 Å². The highest BCUT2D eigenvalue weighted by Crippen LogP contribution is 2.41. The summed E-state index contributed by atoms with van der Waals surface area (Å²) in [5, 5.41) is 8.74. The van der Waals surface area contributed by atoms with Gasteiger partial charge in [0.15, 0.2) is 5.13 Å². The van der Waals surface area contributed by atoms with Crippen molar-refractivity contribution in [3.63, 3.8) is 0 Å². The monoisotopic (exact) mass is 522 g/mol. The van der Waals surface area contributed by atoms with Gasteiger partial charge in [-0.05, 0) is 83.1 Å². The third-order valence-electron chi connectivity index (χ3n) is 7.63. The van der Waals surface area contributed by atoms with Crippen molar-refractivity contribution in [1.82, 2.24) is 20.2 Å². The Kier molecular flexibility index (Phi) is 7.53. The molecule has 0 saturated carbocycles. The molecule has 9 heteroatoms. The van der Waals surface area contributed by atoms with Gasteiger partial charge in [0.1, 0.15) is 0 Å². The van der Waals surface area contributed by atoms with E-state index in [1.54, 1.807) is 11.3 Å². The summed E-state index contributed by atoms with van der Waals surface area (Å²) in [4.78, 5) is 36.3. The predicted octanol–water partition coefficient (Wildman–Crippen LogP) is 3.84. The van der Waals surface area contributed by atoms with Crippen LogP contribution in [0, 0.1) is 5.92 Å². The number of H-pyrrole nitrogens is 1. The van der Waals surface area contributed by atoms with Crippen LogP contribution >= 0.6 is 11.3 Å². The number of likely N-dealkylation sites (tertiary alicyclic amines) is 1. The van der Waals surface area contributed by atoms with Crippen LogP contribution in [0.25, 0.3) is 21.3 Å². The maximum absolute atomic E-state index is 12.8. The molecule has 0 spiro atoms. The number of anilines is 1. The topological polar surface area (TPSA) is 116 Å². The van der Waals surface area contributed by atoms with Crippen molar-refractivity contribution >= 4 is 39.2 Å². The highest BCUT2D eigenvalue weighted by Gasteiger charge is 2.28. The number of nitrogens with two attached hydrogens (primary N) is 1. The van der Waals surface area contributed by atoms with Gasteiger partial charge in [0.25, 0.3) is 0 Å². The zero-order valence-corrected chi connectivity index (χ0v) is 22.8. The summed E-state index contributed by atoms with van der Waals surface area (Å²) in [6, 6.07) is 4.71. The minimum Gasteiger partial charge on any atom is -0.369 e. The quantitative estimate of drug-likeness (QED) is 0.359. The lowest BCUT2D eigenvalue weighted by Crippen LogP contribution is -2.43. The summed E-state index contributed by atoms with van der Waals surface area (Å²) in [5.41, 5.74) is 11.1. The van der Waals surface area contributed by atoms with E-state index >= 15 is 0 Å². The molecule has 1 atom stereocenters. The predicted molar refractivity (Wildman–Crippen MR) is 150 cm³/mol. The summed E-state index contributed by atoms with van der Waals surface area (Å²) in [6.45, 7) is 6.28. The fourth-order valence-corrected chi connectivity index (χ4v) is 6.79. The highest BCUT2D eigenvalue weighted by molar-refractivity contribution is 7.19. The van der Waals surface area contributed by atoms with Crippen LogP contribution in [0.1, 0.15) is 56.4 Å². The Morgan fingerprint density at radius 1 is 1.24 bits per heavy atom. The number of hydrogen-bond donors (Lipinski definition) is 4. The van der Waals surface area contributed by atoms with Gasteiger partial charge in [-0.3, -0.25) is 9.59 Å². The number of benzene rings is 1. The van der Waals surface area contributed by atoms with Crippen molar-refractivity contribution < 1.29 is 9.59 Å². The van der Waals surface area contributed by atoms with Crippen molar-refractivity contribution in [3.8, 4) is 10.4 Å². The lowest BCUT2D eigenvalue weighted by Gasteiger charge is -2.30. The van der Waals surface area contributed by atoms with Crippen molar-refractivity contribution in [2.24, 2.45) is 11.7 Å². The SMILES string of the molecule is CC(C)Nc1ncc(-c2ccc(CC(N)=O)c3[nH]c4c(c23)CCC(CC(=O)NC2CCN(C)CC2)C4)s1. The molecule has 1 unspecified atom stereocenters. The molecule has 1 aliphatic heterocycles. The number of carbonyl (C=O) groups is 2. The summed E-state index contributed by atoms with van der Waals surface area (Å²) in [6.07, 6.45) is 7.45. The molecule has 1 saturated heterocycles. The Morgan fingerprint density at radius 2 is 2.03 bits per heavy atom. The number of piperidine rings is 1. The number of hydrogen-bond acceptors (Lipinski definition) is 6. The molecular weight excluding hydrogens is 484 g/mol. The normalized spacial score (nSPS) is 18.8. The Morgan fingerprint density at radius 3 is 2.76 bits per heavy atom. The fraction of sp³-hybridized carbons (Fsp3) is 0.536. The molecule has 37 heavy (non-hydrogen) atoms. The Bertz CT molecular complexity index is 1290. The summed E-state index contributed by atoms with van der Waals surface area (Å²) in [5.74, 6) is 0.135. The Balaban J connectivity index is 1.39. The molecule has 2 amide bonds. The first-order valence-electron chi connectivity index (χ1n) is 13.4. The molecule has 3 aromatic rings. The molecule has 0 radical (unpaired) electrons. The third-order valence-corrected chi connectivity index (χ3v) is 8.60. The van der Waals surface area contributed by atoms with Crippen LogP contribution in [-0.2, 0) is 28.9 Å². The smallest absolute Gasteiger partial charge is 0.221 e. The second-order valence-corrected chi connectivity index (χ2v) is 12.1. The average molecular weight is 523 g/mol. The van der Waals surface area contributed by atoms with Gasteiger partial charge in [-0.15, -0.1) is 0 Å². The van der Waals surface area contributed by atoms with Gasteiger partial charge >= 0.3 is 0 Å². The number of rotatable bonds is 8. The van der Waals surface area contributed by atoms with Crippen molar-refractivity contribution in [1.29, 1.82) is 0 Å². The zero-order valence-electron chi connectivity index (χ0n) is 22.0. The number of thiazole rings is 1. The largest absolute Gasteiger partial charge is 0.369 e. The van der Waals surface area contributed by atoms with E-state index in [2.05, 4.69) is 52.5 Å². The van der Waals surface area contributed by atoms with Crippen LogP contribution in [0.4, 0.5) is 5.13 Å². The minimum atomic E-state index is -0.341. The molecule has 0 bridgehead atoms. The first-order chi connectivity index (χ1) is 17.8. The highest BCUT2D eigenvalue weighted by atomic mass is 32.1. The molecule has 5 N–H and O–H groups in total. The third kappa shape index (κ3) is 5.83. The van der Waals surface area contributed by atoms with Gasteiger partial charge in [-0.2, -0.15) is 0 Å². The second kappa shape index (κ2) is 10.8. The van der Waals surface area contributed by atoms with Crippen LogP contribution in [-0.4, -0.2) is 58.9 Å². The van der Waals surface area contributed by atoms with E-state index in [0.717, 1.165) is 71.8 Å². The number of nitrogens with zero attached hydrogens (tertiary/aromatic N) is 2. The number of primary amides is 1. The van der Waals surface area contributed by atoms with Gasteiger partial charge in [0.2, 0.25) is 11.8 Å². The van der Waals surface area contributed by atoms with Crippen LogP contribution in [0.15, 0.2) is 18.3 Å². The van der Waals surface area contributed by atoms with E-state index in [4.69, 9.17) is 5.73 Å². The standard InChI is InChI=1S/C28H38N6O2S/c1-16(2)31-28-30-15-23(37-28)21-7-5-18(14-24(29)35)27-26(21)20-6-4-17(12-22(20)33-27)13-25(36)32-19-8-10-34(3)11-9-19/h5,7,15-17,19,33H,4,6,8-14H2,1-3H3,(H2,29,35)(H,30,31)(H,32,36). The first-order valence-corrected chi connectivity index (χ1v) is 14.2. The van der Waals surface area contributed by atoms with Gasteiger partial charge in [-0.1, -0.05) is 23.5 Å². The van der Waals surface area contributed by atoms with Gasteiger partial charge < -0.3 is 26.3 Å². The van der Waals surface area contributed by atoms with E-state index in [0.29, 0.717) is 24.4 Å². The molecule has 2 aromatic heterocycles. The fourth-order valence-electron chi connectivity index (χ4n) is 5.80. The first kappa shape index (κ1) is 25.7. The van der Waals surface area contributed by atoms with Crippen LogP contribution < -0.4 is 16.4 Å². The lowest BCUT2D eigenvalue weighted by molar-refractivity contribution is -0.123. The van der Waals surface area contributed by atoms with Crippen molar-refractivity contribution in [2.75, 3.05) is 25.5 Å². The van der Waals surface area contributed by atoms with Crippen LogP contribution in [0.3, 0.4) is 0 Å². The number of amides is 2.